The van der Waals surface area contributed by atoms with Crippen LogP contribution in [-0.2, 0) is 0 Å². The van der Waals surface area contributed by atoms with Gasteiger partial charge in [-0.15, -0.1) is 0 Å². The minimum Gasteiger partial charge on any atom is -0.330 e. The number of carbonyl (C=O) groups is 1. The molecule has 1 N–H and O–H groups in total. The first-order chi connectivity index (χ1) is 9.79. The van der Waals surface area contributed by atoms with Crippen molar-refractivity contribution in [1.29, 1.82) is 0 Å². The van der Waals surface area contributed by atoms with Gasteiger partial charge in [0.2, 0.25) is 0 Å². The molecule has 0 aliphatic rings. The lowest BCUT2D eigenvalue weighted by molar-refractivity contribution is 0.111. The maximum Gasteiger partial charge on any atom is 0.185 e. The smallest absolute Gasteiger partial charge is 0.185 e. The van der Waals surface area contributed by atoms with Crippen molar-refractivity contribution in [3.8, 4) is 22.4 Å². The third-order valence-corrected chi connectivity index (χ3v) is 3.63. The maximum atomic E-state index is 10.8. The molecule has 3 nitrogen and oxygen atoms in total. The van der Waals surface area contributed by atoms with Gasteiger partial charge in [0.25, 0.3) is 0 Å². The first kappa shape index (κ1) is 12.8. The van der Waals surface area contributed by atoms with Crippen LogP contribution in [-0.4, -0.2) is 16.3 Å². The summed E-state index contributed by atoms with van der Waals surface area (Å²) in [4.78, 5) is 18.1. The number of benzene rings is 2. The van der Waals surface area contributed by atoms with Gasteiger partial charge < -0.3 is 4.98 Å². The largest absolute Gasteiger partial charge is 0.330 e. The molecule has 0 bridgehead atoms. The minimum atomic E-state index is 0.315. The minimum absolute atomic E-state index is 0.315. The Bertz CT molecular complexity index is 750. The summed E-state index contributed by atoms with van der Waals surface area (Å²) in [6.07, 6.45) is 0.708. The van der Waals surface area contributed by atoms with Gasteiger partial charge in [-0.05, 0) is 27.1 Å². The number of aromatic nitrogens is 2. The summed E-state index contributed by atoms with van der Waals surface area (Å²) in [6.45, 7) is 0. The predicted octanol–water partition coefficient (Wildman–Crippen LogP) is 4.32. The summed E-state index contributed by atoms with van der Waals surface area (Å²) in [6, 6.07) is 18.1. The van der Waals surface area contributed by atoms with Crippen molar-refractivity contribution in [2.24, 2.45) is 0 Å². The fourth-order valence-electron chi connectivity index (χ4n) is 2.16. The molecule has 0 unspecified atom stereocenters. The van der Waals surface area contributed by atoms with Crippen molar-refractivity contribution in [3.05, 3.63) is 65.0 Å². The lowest BCUT2D eigenvalue weighted by atomic mass is 9.98. The van der Waals surface area contributed by atoms with E-state index in [2.05, 4.69) is 38.0 Å². The van der Waals surface area contributed by atoms with Crippen LogP contribution in [0.4, 0.5) is 0 Å². The average Bonchev–Trinajstić information content (AvgIpc) is 2.89. The molecule has 0 fully saturated rings. The standard InChI is InChI=1S/C16H11BrN2O/c17-16-15(18-14(10-20)19-16)13-9-5-4-8-12(13)11-6-2-1-3-7-11/h1-10H,(H,18,19). The van der Waals surface area contributed by atoms with E-state index in [4.69, 9.17) is 0 Å². The average molecular weight is 327 g/mol. The van der Waals surface area contributed by atoms with E-state index in [1.54, 1.807) is 0 Å². The van der Waals surface area contributed by atoms with Crippen LogP contribution < -0.4 is 0 Å². The van der Waals surface area contributed by atoms with E-state index < -0.39 is 0 Å². The van der Waals surface area contributed by atoms with Crippen LogP contribution in [0.5, 0.6) is 0 Å². The van der Waals surface area contributed by atoms with E-state index in [9.17, 15) is 4.79 Å². The molecule has 0 amide bonds. The summed E-state index contributed by atoms with van der Waals surface area (Å²) in [5.74, 6) is 0.315. The number of H-pyrrole nitrogens is 1. The highest BCUT2D eigenvalue weighted by Gasteiger charge is 2.14. The van der Waals surface area contributed by atoms with E-state index in [1.807, 2.05) is 42.5 Å². The molecule has 0 atom stereocenters. The first-order valence-corrected chi connectivity index (χ1v) is 6.94. The molecule has 2 aromatic carbocycles. The number of carbonyl (C=O) groups excluding carboxylic acids is 1. The first-order valence-electron chi connectivity index (χ1n) is 6.15. The van der Waals surface area contributed by atoms with Gasteiger partial charge in [0.1, 0.15) is 10.3 Å². The summed E-state index contributed by atoms with van der Waals surface area (Å²) in [7, 11) is 0. The molecule has 0 radical (unpaired) electrons. The summed E-state index contributed by atoms with van der Waals surface area (Å²) >= 11 is 3.42. The Kier molecular flexibility index (Phi) is 3.48. The molecule has 0 spiro atoms. The number of nitrogens with zero attached hydrogens (tertiary/aromatic N) is 1. The molecule has 3 aromatic rings. The SMILES string of the molecule is O=Cc1nc(-c2ccccc2-c2ccccc2)c(Br)[nH]1. The predicted molar refractivity (Wildman–Crippen MR) is 82.5 cm³/mol. The third kappa shape index (κ3) is 2.30. The van der Waals surface area contributed by atoms with Gasteiger partial charge in [0, 0.05) is 5.56 Å². The van der Waals surface area contributed by atoms with Crippen LogP contribution in [0.15, 0.2) is 59.2 Å². The van der Waals surface area contributed by atoms with Gasteiger partial charge in [-0.2, -0.15) is 0 Å². The Morgan fingerprint density at radius 2 is 1.60 bits per heavy atom. The van der Waals surface area contributed by atoms with E-state index in [0.29, 0.717) is 16.7 Å². The summed E-state index contributed by atoms with van der Waals surface area (Å²) < 4.78 is 0.711. The van der Waals surface area contributed by atoms with Gasteiger partial charge in [0.15, 0.2) is 12.1 Å². The van der Waals surface area contributed by atoms with Crippen molar-refractivity contribution < 1.29 is 4.79 Å². The Morgan fingerprint density at radius 3 is 2.25 bits per heavy atom. The van der Waals surface area contributed by atoms with Gasteiger partial charge >= 0.3 is 0 Å². The Labute approximate surface area is 124 Å². The van der Waals surface area contributed by atoms with Gasteiger partial charge in [-0.25, -0.2) is 4.98 Å². The maximum absolute atomic E-state index is 10.8. The van der Waals surface area contributed by atoms with Crippen LogP contribution in [0.2, 0.25) is 0 Å². The topological polar surface area (TPSA) is 45.8 Å². The van der Waals surface area contributed by atoms with Crippen molar-refractivity contribution in [3.63, 3.8) is 0 Å². The van der Waals surface area contributed by atoms with Crippen molar-refractivity contribution in [1.82, 2.24) is 9.97 Å². The molecule has 0 saturated carbocycles. The molecular formula is C16H11BrN2O. The fourth-order valence-corrected chi connectivity index (χ4v) is 2.67. The molecule has 1 heterocycles. The van der Waals surface area contributed by atoms with E-state index in [-0.39, 0.29) is 0 Å². The zero-order chi connectivity index (χ0) is 13.9. The monoisotopic (exact) mass is 326 g/mol. The zero-order valence-corrected chi connectivity index (χ0v) is 12.1. The third-order valence-electron chi connectivity index (χ3n) is 3.06. The fraction of sp³-hybridized carbons (Fsp3) is 0. The molecule has 0 aliphatic carbocycles. The molecule has 1 aromatic heterocycles. The summed E-state index contributed by atoms with van der Waals surface area (Å²) in [5, 5.41) is 0. The number of nitrogens with one attached hydrogen (secondary N) is 1. The number of hydrogen-bond acceptors (Lipinski definition) is 2. The van der Waals surface area contributed by atoms with Crippen molar-refractivity contribution >= 4 is 22.2 Å². The van der Waals surface area contributed by atoms with Crippen LogP contribution in [0.3, 0.4) is 0 Å². The van der Waals surface area contributed by atoms with Crippen LogP contribution >= 0.6 is 15.9 Å². The molecule has 3 rings (SSSR count). The Balaban J connectivity index is 2.20. The molecule has 4 heteroatoms. The quantitative estimate of drug-likeness (QED) is 0.728. The lowest BCUT2D eigenvalue weighted by Gasteiger charge is -2.08. The van der Waals surface area contributed by atoms with Crippen LogP contribution in [0.1, 0.15) is 10.6 Å². The van der Waals surface area contributed by atoms with Crippen molar-refractivity contribution in [2.75, 3.05) is 0 Å². The molecular weight excluding hydrogens is 316 g/mol. The number of imidazole rings is 1. The van der Waals surface area contributed by atoms with Crippen LogP contribution in [0.25, 0.3) is 22.4 Å². The number of aldehydes is 1. The number of rotatable bonds is 3. The van der Waals surface area contributed by atoms with Crippen molar-refractivity contribution in [2.45, 2.75) is 0 Å². The highest BCUT2D eigenvalue weighted by atomic mass is 79.9. The normalized spacial score (nSPS) is 10.4. The zero-order valence-electron chi connectivity index (χ0n) is 10.5. The second-order valence-corrected chi connectivity index (χ2v) is 5.11. The Morgan fingerprint density at radius 1 is 0.950 bits per heavy atom. The second-order valence-electron chi connectivity index (χ2n) is 4.31. The number of halogens is 1. The Hall–Kier alpha value is -2.20. The van der Waals surface area contributed by atoms with Gasteiger partial charge in [-0.3, -0.25) is 4.79 Å². The number of hydrogen-bond donors (Lipinski definition) is 1. The second kappa shape index (κ2) is 5.43. The van der Waals surface area contributed by atoms with E-state index in [1.165, 1.54) is 0 Å². The molecule has 98 valence electrons. The lowest BCUT2D eigenvalue weighted by Crippen LogP contribution is -1.86. The van der Waals surface area contributed by atoms with Crippen LogP contribution in [0, 0.1) is 0 Å². The van der Waals surface area contributed by atoms with Gasteiger partial charge in [-0.1, -0.05) is 54.6 Å². The molecule has 0 saturated heterocycles. The molecule has 0 aliphatic heterocycles. The van der Waals surface area contributed by atoms with E-state index in [0.717, 1.165) is 22.4 Å². The number of aromatic amines is 1. The van der Waals surface area contributed by atoms with Gasteiger partial charge in [0.05, 0.1) is 0 Å². The highest BCUT2D eigenvalue weighted by Crippen LogP contribution is 2.34. The van der Waals surface area contributed by atoms with E-state index >= 15 is 0 Å². The summed E-state index contributed by atoms with van der Waals surface area (Å²) in [5.41, 5.74) is 3.92. The molecule has 20 heavy (non-hydrogen) atoms. The highest BCUT2D eigenvalue weighted by molar-refractivity contribution is 9.10.